The second kappa shape index (κ2) is 8.98. The molecule has 0 radical (unpaired) electrons. The van der Waals surface area contributed by atoms with Crippen molar-refractivity contribution >= 4 is 22.8 Å². The summed E-state index contributed by atoms with van der Waals surface area (Å²) in [4.78, 5) is 35.9. The Kier molecular flexibility index (Phi) is 5.86. The Labute approximate surface area is 195 Å². The summed E-state index contributed by atoms with van der Waals surface area (Å²) >= 11 is 0. The minimum Gasteiger partial charge on any atom is -0.496 e. The highest BCUT2D eigenvalue weighted by atomic mass is 16.6. The Balaban J connectivity index is 1.47. The van der Waals surface area contributed by atoms with Crippen molar-refractivity contribution in [3.05, 3.63) is 50.7 Å². The predicted octanol–water partition coefficient (Wildman–Crippen LogP) is 1.23. The Morgan fingerprint density at radius 2 is 2.00 bits per heavy atom. The second-order valence-corrected chi connectivity index (χ2v) is 8.61. The average molecular weight is 469 g/mol. The maximum Gasteiger partial charge on any atom is 0.332 e. The number of fused-ring (bicyclic) bond motifs is 1. The van der Waals surface area contributed by atoms with Crippen LogP contribution in [0.25, 0.3) is 11.2 Å². The maximum absolute atomic E-state index is 13.1. The summed E-state index contributed by atoms with van der Waals surface area (Å²) in [6.45, 7) is 1.64. The zero-order valence-electron chi connectivity index (χ0n) is 19.5. The van der Waals surface area contributed by atoms with Crippen LogP contribution in [0.3, 0.4) is 0 Å². The quantitative estimate of drug-likeness (QED) is 0.555. The molecule has 0 unspecified atom stereocenters. The van der Waals surface area contributed by atoms with E-state index < -0.39 is 11.2 Å². The highest BCUT2D eigenvalue weighted by Gasteiger charge is 2.28. The van der Waals surface area contributed by atoms with Gasteiger partial charge in [-0.05, 0) is 25.0 Å². The van der Waals surface area contributed by atoms with Gasteiger partial charge in [-0.1, -0.05) is 17.3 Å². The molecule has 5 rings (SSSR count). The summed E-state index contributed by atoms with van der Waals surface area (Å²) in [7, 11) is 4.70. The Hall–Kier alpha value is -3.60. The third kappa shape index (κ3) is 3.85. The minimum atomic E-state index is -0.424. The van der Waals surface area contributed by atoms with Crippen LogP contribution in [0.4, 0.5) is 5.95 Å². The number of aryl methyl sites for hydroxylation is 1. The minimum absolute atomic E-state index is 0.0862. The molecule has 34 heavy (non-hydrogen) atoms. The molecule has 0 bridgehead atoms. The molecule has 2 aromatic heterocycles. The first kappa shape index (κ1) is 22.2. The van der Waals surface area contributed by atoms with Gasteiger partial charge in [-0.3, -0.25) is 13.9 Å². The van der Waals surface area contributed by atoms with E-state index in [0.29, 0.717) is 36.6 Å². The van der Waals surface area contributed by atoms with E-state index in [1.54, 1.807) is 18.7 Å². The molecule has 4 heterocycles. The van der Waals surface area contributed by atoms with Crippen LogP contribution < -0.4 is 21.3 Å². The van der Waals surface area contributed by atoms with Crippen LogP contribution in [0, 0.1) is 0 Å². The summed E-state index contributed by atoms with van der Waals surface area (Å²) in [5.41, 5.74) is 1.49. The van der Waals surface area contributed by atoms with Gasteiger partial charge in [0.1, 0.15) is 5.75 Å². The monoisotopic (exact) mass is 468 g/mol. The third-order valence-corrected chi connectivity index (χ3v) is 6.40. The Morgan fingerprint density at radius 3 is 2.76 bits per heavy atom. The molecule has 0 aliphatic carbocycles. The van der Waals surface area contributed by atoms with E-state index in [1.807, 2.05) is 24.3 Å². The molecule has 11 heteroatoms. The zero-order chi connectivity index (χ0) is 23.8. The topological polar surface area (TPSA) is 114 Å². The van der Waals surface area contributed by atoms with Gasteiger partial charge in [0.05, 0.1) is 25.5 Å². The summed E-state index contributed by atoms with van der Waals surface area (Å²) in [6.07, 6.45) is 2.30. The van der Waals surface area contributed by atoms with Gasteiger partial charge in [0.25, 0.3) is 5.56 Å². The van der Waals surface area contributed by atoms with E-state index in [4.69, 9.17) is 14.3 Å². The molecule has 1 saturated heterocycles. The Bertz CT molecular complexity index is 1360. The lowest BCUT2D eigenvalue weighted by atomic mass is 10.0. The molecule has 180 valence electrons. The number of imidazole rings is 1. The van der Waals surface area contributed by atoms with E-state index in [2.05, 4.69) is 15.5 Å². The highest BCUT2D eigenvalue weighted by molar-refractivity contribution is 6.03. The number of hydrogen-bond donors (Lipinski definition) is 1. The SMILES string of the molecule is COc1ccccc1C1=NO[C@H](Cn2c(NC[C@H]3CCCO3)nc3c2c(=O)n(C)c(=O)n3C)C1. The van der Waals surface area contributed by atoms with Crippen LogP contribution in [0.1, 0.15) is 24.8 Å². The normalized spacial score (nSPS) is 19.9. The number of benzene rings is 1. The number of rotatable bonds is 7. The molecular weight excluding hydrogens is 440 g/mol. The number of nitrogens with zero attached hydrogens (tertiary/aromatic N) is 5. The van der Waals surface area contributed by atoms with E-state index in [-0.39, 0.29) is 12.2 Å². The summed E-state index contributed by atoms with van der Waals surface area (Å²) in [6, 6.07) is 7.65. The van der Waals surface area contributed by atoms with Crippen LogP contribution in [-0.2, 0) is 30.2 Å². The van der Waals surface area contributed by atoms with Gasteiger partial charge in [0.15, 0.2) is 17.3 Å². The first-order valence-electron chi connectivity index (χ1n) is 11.4. The molecular formula is C23H28N6O5. The van der Waals surface area contributed by atoms with Gasteiger partial charge in [0.2, 0.25) is 5.95 Å². The van der Waals surface area contributed by atoms with E-state index in [1.165, 1.54) is 11.6 Å². The second-order valence-electron chi connectivity index (χ2n) is 8.61. The predicted molar refractivity (Wildman–Crippen MR) is 127 cm³/mol. The fraction of sp³-hybridized carbons (Fsp3) is 0.478. The first-order chi connectivity index (χ1) is 16.5. The van der Waals surface area contributed by atoms with Crippen LogP contribution in [-0.4, -0.2) is 56.9 Å². The van der Waals surface area contributed by atoms with Crippen molar-refractivity contribution in [1.82, 2.24) is 18.7 Å². The van der Waals surface area contributed by atoms with Gasteiger partial charge in [-0.2, -0.15) is 4.98 Å². The van der Waals surface area contributed by atoms with Gasteiger partial charge < -0.3 is 24.2 Å². The number of aromatic nitrogens is 4. The van der Waals surface area contributed by atoms with Crippen molar-refractivity contribution in [3.63, 3.8) is 0 Å². The molecule has 3 aromatic rings. The molecule has 2 atom stereocenters. The molecule has 0 amide bonds. The van der Waals surface area contributed by atoms with E-state index >= 15 is 0 Å². The molecule has 2 aliphatic rings. The summed E-state index contributed by atoms with van der Waals surface area (Å²) in [5, 5.41) is 7.61. The van der Waals surface area contributed by atoms with Crippen molar-refractivity contribution < 1.29 is 14.3 Å². The number of para-hydroxylation sites is 1. The van der Waals surface area contributed by atoms with Gasteiger partial charge in [0, 0.05) is 39.2 Å². The van der Waals surface area contributed by atoms with Crippen molar-refractivity contribution in [2.75, 3.05) is 25.6 Å². The number of ether oxygens (including phenoxy) is 2. The third-order valence-electron chi connectivity index (χ3n) is 6.40. The van der Waals surface area contributed by atoms with Crippen LogP contribution in [0.2, 0.25) is 0 Å². The van der Waals surface area contributed by atoms with E-state index in [9.17, 15) is 9.59 Å². The van der Waals surface area contributed by atoms with Crippen LogP contribution in [0.5, 0.6) is 5.75 Å². The van der Waals surface area contributed by atoms with Crippen molar-refractivity contribution in [1.29, 1.82) is 0 Å². The summed E-state index contributed by atoms with van der Waals surface area (Å²) < 4.78 is 15.4. The molecule has 1 fully saturated rings. The fourth-order valence-corrected chi connectivity index (χ4v) is 4.54. The molecule has 0 spiro atoms. The number of hydrogen-bond acceptors (Lipinski definition) is 8. The lowest BCUT2D eigenvalue weighted by Crippen LogP contribution is -2.38. The molecule has 0 saturated carbocycles. The van der Waals surface area contributed by atoms with E-state index in [0.717, 1.165) is 41.0 Å². The van der Waals surface area contributed by atoms with Crippen molar-refractivity contribution in [2.45, 2.75) is 38.0 Å². The standard InChI is InChI=1S/C23H28N6O5/c1-27-20-19(21(30)28(2)23(27)31)29(22(25-20)24-12-14-7-6-10-33-14)13-15-11-17(26-34-15)16-8-4-5-9-18(16)32-3/h4-5,8-9,14-15H,6-7,10-13H2,1-3H3,(H,24,25)/t14-,15+/m1/s1. The lowest BCUT2D eigenvalue weighted by molar-refractivity contribution is 0.0736. The highest BCUT2D eigenvalue weighted by Crippen LogP contribution is 2.27. The van der Waals surface area contributed by atoms with Gasteiger partial charge in [-0.25, -0.2) is 4.79 Å². The molecule has 2 aliphatic heterocycles. The number of oxime groups is 1. The largest absolute Gasteiger partial charge is 0.496 e. The Morgan fingerprint density at radius 1 is 1.18 bits per heavy atom. The lowest BCUT2D eigenvalue weighted by Gasteiger charge is -2.16. The van der Waals surface area contributed by atoms with Crippen molar-refractivity contribution in [2.24, 2.45) is 19.3 Å². The molecule has 1 aromatic carbocycles. The summed E-state index contributed by atoms with van der Waals surface area (Å²) in [5.74, 6) is 1.22. The maximum atomic E-state index is 13.1. The van der Waals surface area contributed by atoms with Gasteiger partial charge in [-0.15, -0.1) is 0 Å². The van der Waals surface area contributed by atoms with Gasteiger partial charge >= 0.3 is 5.69 Å². The van der Waals surface area contributed by atoms with Crippen molar-refractivity contribution in [3.8, 4) is 5.75 Å². The average Bonchev–Trinajstić information content (AvgIpc) is 3.61. The van der Waals surface area contributed by atoms with Crippen LogP contribution in [0.15, 0.2) is 39.0 Å². The number of anilines is 1. The van der Waals surface area contributed by atoms with Crippen LogP contribution >= 0.6 is 0 Å². The number of methoxy groups -OCH3 is 1. The zero-order valence-corrected chi connectivity index (χ0v) is 19.5. The smallest absolute Gasteiger partial charge is 0.332 e. The molecule has 11 nitrogen and oxygen atoms in total. The molecule has 1 N–H and O–H groups in total. The fourth-order valence-electron chi connectivity index (χ4n) is 4.54. The first-order valence-corrected chi connectivity index (χ1v) is 11.4. The number of nitrogens with one attached hydrogen (secondary N) is 1.